The maximum atomic E-state index is 12.3. The van der Waals surface area contributed by atoms with Crippen molar-refractivity contribution in [2.24, 2.45) is 5.92 Å². The Morgan fingerprint density at radius 2 is 2.18 bits per heavy atom. The van der Waals surface area contributed by atoms with Crippen LogP contribution in [0.15, 0.2) is 0 Å². The lowest BCUT2D eigenvalue weighted by atomic mass is 10.1. The highest BCUT2D eigenvalue weighted by Gasteiger charge is 2.35. The zero-order valence-electron chi connectivity index (χ0n) is 6.19. The molecule has 3 nitrogen and oxygen atoms in total. The first-order chi connectivity index (χ1) is 4.89. The summed E-state index contributed by atoms with van der Waals surface area (Å²) in [6.45, 7) is 1.70. The standard InChI is InChI=1S/C6H8F2N2O/c1-4(6(2,7)8)5(11)10-3-9/h4H,1-2H3,(H,10,11). The van der Waals surface area contributed by atoms with Gasteiger partial charge in [-0.2, -0.15) is 5.26 Å². The summed E-state index contributed by atoms with van der Waals surface area (Å²) in [4.78, 5) is 10.6. The van der Waals surface area contributed by atoms with Crippen LogP contribution in [0.3, 0.4) is 0 Å². The van der Waals surface area contributed by atoms with Crippen LogP contribution in [0.2, 0.25) is 0 Å². The summed E-state index contributed by atoms with van der Waals surface area (Å²) >= 11 is 0. The molecule has 0 saturated heterocycles. The van der Waals surface area contributed by atoms with Crippen LogP contribution in [0.1, 0.15) is 13.8 Å². The van der Waals surface area contributed by atoms with Gasteiger partial charge in [-0.3, -0.25) is 10.1 Å². The van der Waals surface area contributed by atoms with Crippen molar-refractivity contribution in [3.8, 4) is 6.19 Å². The van der Waals surface area contributed by atoms with E-state index in [1.54, 1.807) is 5.32 Å². The van der Waals surface area contributed by atoms with Crippen molar-refractivity contribution in [2.45, 2.75) is 19.8 Å². The zero-order chi connectivity index (χ0) is 9.07. The van der Waals surface area contributed by atoms with Crippen molar-refractivity contribution < 1.29 is 13.6 Å². The molecule has 0 saturated carbocycles. The van der Waals surface area contributed by atoms with Crippen LogP contribution in [-0.2, 0) is 4.79 Å². The molecule has 0 aliphatic carbocycles. The predicted octanol–water partition coefficient (Wildman–Crippen LogP) is 0.875. The lowest BCUT2D eigenvalue weighted by Crippen LogP contribution is -2.35. The average Bonchev–Trinajstić information content (AvgIpc) is 1.85. The molecular formula is C6H8F2N2O. The quantitative estimate of drug-likeness (QED) is 0.484. The van der Waals surface area contributed by atoms with Crippen LogP contribution >= 0.6 is 0 Å². The molecule has 1 unspecified atom stereocenters. The van der Waals surface area contributed by atoms with E-state index in [4.69, 9.17) is 5.26 Å². The zero-order valence-corrected chi connectivity index (χ0v) is 6.19. The van der Waals surface area contributed by atoms with Gasteiger partial charge in [0, 0.05) is 6.92 Å². The molecule has 0 heterocycles. The van der Waals surface area contributed by atoms with Crippen molar-refractivity contribution in [2.75, 3.05) is 0 Å². The minimum Gasteiger partial charge on any atom is -0.273 e. The van der Waals surface area contributed by atoms with E-state index < -0.39 is 17.7 Å². The Bertz CT molecular complexity index is 192. The SMILES string of the molecule is CC(C(=O)NC#N)C(C)(F)F. The van der Waals surface area contributed by atoms with Crippen LogP contribution in [0, 0.1) is 17.4 Å². The molecule has 1 amide bonds. The Balaban J connectivity index is 4.17. The summed E-state index contributed by atoms with van der Waals surface area (Å²) in [6, 6.07) is 0. The van der Waals surface area contributed by atoms with E-state index in [1.807, 2.05) is 0 Å². The van der Waals surface area contributed by atoms with E-state index in [-0.39, 0.29) is 0 Å². The molecule has 0 aliphatic heterocycles. The van der Waals surface area contributed by atoms with Gasteiger partial charge in [0.25, 0.3) is 5.92 Å². The van der Waals surface area contributed by atoms with Gasteiger partial charge in [-0.15, -0.1) is 0 Å². The van der Waals surface area contributed by atoms with Gasteiger partial charge in [0.15, 0.2) is 6.19 Å². The van der Waals surface area contributed by atoms with Crippen molar-refractivity contribution >= 4 is 5.91 Å². The molecule has 0 radical (unpaired) electrons. The fourth-order valence-corrected chi connectivity index (χ4v) is 0.394. The summed E-state index contributed by atoms with van der Waals surface area (Å²) < 4.78 is 24.6. The van der Waals surface area contributed by atoms with Gasteiger partial charge in [0.2, 0.25) is 5.91 Å². The molecule has 0 spiro atoms. The van der Waals surface area contributed by atoms with Crippen molar-refractivity contribution in [3.63, 3.8) is 0 Å². The largest absolute Gasteiger partial charge is 0.273 e. The Morgan fingerprint density at radius 3 is 2.45 bits per heavy atom. The second-order valence-corrected chi connectivity index (χ2v) is 2.28. The topological polar surface area (TPSA) is 52.9 Å². The number of carbonyl (C=O) groups is 1. The molecule has 0 fully saturated rings. The third-order valence-corrected chi connectivity index (χ3v) is 1.33. The second kappa shape index (κ2) is 3.28. The van der Waals surface area contributed by atoms with E-state index in [9.17, 15) is 13.6 Å². The van der Waals surface area contributed by atoms with Crippen LogP contribution in [0.4, 0.5) is 8.78 Å². The van der Waals surface area contributed by atoms with Crippen molar-refractivity contribution in [3.05, 3.63) is 0 Å². The Kier molecular flexibility index (Phi) is 2.93. The number of nitrogens with zero attached hydrogens (tertiary/aromatic N) is 1. The normalized spacial score (nSPS) is 13.4. The Labute approximate surface area is 63.0 Å². The molecule has 1 atom stereocenters. The van der Waals surface area contributed by atoms with Crippen molar-refractivity contribution in [1.29, 1.82) is 5.26 Å². The van der Waals surface area contributed by atoms with Crippen LogP contribution in [-0.4, -0.2) is 11.8 Å². The number of halogens is 2. The molecule has 0 aromatic carbocycles. The summed E-state index contributed by atoms with van der Waals surface area (Å²) in [5, 5.41) is 9.56. The lowest BCUT2D eigenvalue weighted by Gasteiger charge is -2.15. The summed E-state index contributed by atoms with van der Waals surface area (Å²) in [7, 11) is 0. The second-order valence-electron chi connectivity index (χ2n) is 2.28. The smallest absolute Gasteiger partial charge is 0.256 e. The van der Waals surface area contributed by atoms with Gasteiger partial charge >= 0.3 is 0 Å². The number of carbonyl (C=O) groups excluding carboxylic acids is 1. The van der Waals surface area contributed by atoms with E-state index in [0.717, 1.165) is 6.92 Å². The van der Waals surface area contributed by atoms with E-state index >= 15 is 0 Å². The highest BCUT2D eigenvalue weighted by molar-refractivity contribution is 5.80. The van der Waals surface area contributed by atoms with Gasteiger partial charge in [-0.05, 0) is 6.92 Å². The Morgan fingerprint density at radius 1 is 1.73 bits per heavy atom. The molecular weight excluding hydrogens is 154 g/mol. The molecule has 0 bridgehead atoms. The highest BCUT2D eigenvalue weighted by Crippen LogP contribution is 2.22. The van der Waals surface area contributed by atoms with Gasteiger partial charge in [-0.25, -0.2) is 8.78 Å². The minimum atomic E-state index is -3.08. The lowest BCUT2D eigenvalue weighted by molar-refractivity contribution is -0.134. The van der Waals surface area contributed by atoms with Gasteiger partial charge < -0.3 is 0 Å². The molecule has 0 aromatic heterocycles. The molecule has 62 valence electrons. The summed E-state index contributed by atoms with van der Waals surface area (Å²) in [6.07, 6.45) is 1.29. The fraction of sp³-hybridized carbons (Fsp3) is 0.667. The molecule has 0 aromatic rings. The van der Waals surface area contributed by atoms with Crippen molar-refractivity contribution in [1.82, 2.24) is 5.32 Å². The molecule has 0 aliphatic rings. The number of amides is 1. The first-order valence-corrected chi connectivity index (χ1v) is 2.96. The number of rotatable bonds is 2. The highest BCUT2D eigenvalue weighted by atomic mass is 19.3. The van der Waals surface area contributed by atoms with E-state index in [1.165, 1.54) is 6.19 Å². The predicted molar refractivity (Wildman–Crippen MR) is 33.5 cm³/mol. The Hall–Kier alpha value is -1.18. The number of nitriles is 1. The minimum absolute atomic E-state index is 0.634. The molecule has 11 heavy (non-hydrogen) atoms. The number of hydrogen-bond acceptors (Lipinski definition) is 2. The van der Waals surface area contributed by atoms with Gasteiger partial charge in [-0.1, -0.05) is 0 Å². The van der Waals surface area contributed by atoms with Gasteiger partial charge in [0.1, 0.15) is 0 Å². The molecule has 5 heteroatoms. The fourth-order valence-electron chi connectivity index (χ4n) is 0.394. The third-order valence-electron chi connectivity index (χ3n) is 1.33. The van der Waals surface area contributed by atoms with Crippen LogP contribution in [0.25, 0.3) is 0 Å². The van der Waals surface area contributed by atoms with Gasteiger partial charge in [0.05, 0.1) is 5.92 Å². The first-order valence-electron chi connectivity index (χ1n) is 2.96. The summed E-state index contributed by atoms with van der Waals surface area (Å²) in [5.74, 6) is -5.51. The maximum absolute atomic E-state index is 12.3. The van der Waals surface area contributed by atoms with Crippen LogP contribution < -0.4 is 5.32 Å². The number of nitrogens with one attached hydrogen (secondary N) is 1. The summed E-state index contributed by atoms with van der Waals surface area (Å²) in [5.41, 5.74) is 0. The monoisotopic (exact) mass is 162 g/mol. The van der Waals surface area contributed by atoms with E-state index in [0.29, 0.717) is 6.92 Å². The molecule has 1 N–H and O–H groups in total. The first kappa shape index (κ1) is 9.82. The maximum Gasteiger partial charge on any atom is 0.256 e. The number of hydrogen-bond donors (Lipinski definition) is 1. The van der Waals surface area contributed by atoms with E-state index in [2.05, 4.69) is 0 Å². The number of alkyl halides is 2. The van der Waals surface area contributed by atoms with Crippen LogP contribution in [0.5, 0.6) is 0 Å². The average molecular weight is 162 g/mol. The third kappa shape index (κ3) is 2.94. The molecule has 0 rings (SSSR count).